The number of hydrogen-bond acceptors (Lipinski definition) is 6. The summed E-state index contributed by atoms with van der Waals surface area (Å²) in [7, 11) is 2.06. The van der Waals surface area contributed by atoms with Crippen molar-refractivity contribution in [2.24, 2.45) is 5.92 Å². The Balaban J connectivity index is 1.48. The quantitative estimate of drug-likeness (QED) is 0.834. The predicted molar refractivity (Wildman–Crippen MR) is 98.0 cm³/mol. The number of rotatable bonds is 5. The lowest BCUT2D eigenvalue weighted by Gasteiger charge is -2.37. The molecule has 3 heterocycles. The molecule has 0 bridgehead atoms. The highest BCUT2D eigenvalue weighted by Gasteiger charge is 2.34. The number of carbonyl (C=O) groups excluding carboxylic acids is 1. The molecule has 2 aliphatic rings. The predicted octanol–water partition coefficient (Wildman–Crippen LogP) is 1.19. The van der Waals surface area contributed by atoms with Gasteiger partial charge in [-0.25, -0.2) is 5.43 Å². The van der Waals surface area contributed by atoms with Crippen LogP contribution in [0.15, 0.2) is 18.3 Å². The van der Waals surface area contributed by atoms with Gasteiger partial charge in [-0.15, -0.1) is 5.10 Å². The van der Waals surface area contributed by atoms with E-state index in [2.05, 4.69) is 46.8 Å². The van der Waals surface area contributed by atoms with Gasteiger partial charge < -0.3 is 9.80 Å². The van der Waals surface area contributed by atoms with Gasteiger partial charge in [0.1, 0.15) is 6.04 Å². The maximum absolute atomic E-state index is 12.8. The van der Waals surface area contributed by atoms with Crippen LogP contribution >= 0.6 is 0 Å². The Hall–Kier alpha value is -1.73. The molecule has 0 aromatic carbocycles. The van der Waals surface area contributed by atoms with Gasteiger partial charge in [-0.1, -0.05) is 13.8 Å². The molecule has 1 aromatic rings. The summed E-state index contributed by atoms with van der Waals surface area (Å²) in [6, 6.07) is 4.61. The Bertz CT molecular complexity index is 558. The standard InChI is InChI=1S/C18H30N6O/c1-13(2)11-14-12-16(21-20-14)18(25)24-9-6-15(7-10-24)23(3)17-5-4-8-19-22-17/h4-5,8,13-16,20-21H,6-7,9-12H2,1-3H3. The molecule has 25 heavy (non-hydrogen) atoms. The number of piperidine rings is 1. The minimum Gasteiger partial charge on any atom is -0.355 e. The highest BCUT2D eigenvalue weighted by molar-refractivity contribution is 5.82. The lowest BCUT2D eigenvalue weighted by Crippen LogP contribution is -2.51. The Morgan fingerprint density at radius 2 is 2.12 bits per heavy atom. The van der Waals surface area contributed by atoms with Crippen molar-refractivity contribution in [2.45, 2.75) is 57.7 Å². The molecule has 2 fully saturated rings. The Morgan fingerprint density at radius 1 is 1.36 bits per heavy atom. The molecule has 2 unspecified atom stereocenters. The van der Waals surface area contributed by atoms with Crippen molar-refractivity contribution in [3.63, 3.8) is 0 Å². The summed E-state index contributed by atoms with van der Waals surface area (Å²) in [6.07, 6.45) is 5.61. The van der Waals surface area contributed by atoms with E-state index >= 15 is 0 Å². The molecule has 3 rings (SSSR count). The van der Waals surface area contributed by atoms with Crippen LogP contribution < -0.4 is 15.8 Å². The van der Waals surface area contributed by atoms with E-state index in [1.807, 2.05) is 17.0 Å². The van der Waals surface area contributed by atoms with Crippen molar-refractivity contribution >= 4 is 11.7 Å². The number of anilines is 1. The third-order valence-corrected chi connectivity index (χ3v) is 5.28. The van der Waals surface area contributed by atoms with Gasteiger partial charge in [0, 0.05) is 38.4 Å². The number of nitrogens with one attached hydrogen (secondary N) is 2. The average Bonchev–Trinajstić information content (AvgIpc) is 3.09. The number of carbonyl (C=O) groups is 1. The van der Waals surface area contributed by atoms with Gasteiger partial charge in [0.2, 0.25) is 5.91 Å². The topological polar surface area (TPSA) is 73.4 Å². The highest BCUT2D eigenvalue weighted by Crippen LogP contribution is 2.22. The molecule has 7 heteroatoms. The van der Waals surface area contributed by atoms with E-state index in [9.17, 15) is 4.79 Å². The third-order valence-electron chi connectivity index (χ3n) is 5.28. The molecule has 2 aliphatic heterocycles. The van der Waals surface area contributed by atoms with E-state index in [4.69, 9.17) is 0 Å². The van der Waals surface area contributed by atoms with Crippen LogP contribution in [0.3, 0.4) is 0 Å². The molecule has 1 amide bonds. The molecule has 2 saturated heterocycles. The highest BCUT2D eigenvalue weighted by atomic mass is 16.2. The SMILES string of the molecule is CC(C)CC1CC(C(=O)N2CCC(N(C)c3cccnn3)CC2)NN1. The van der Waals surface area contributed by atoms with Crippen molar-refractivity contribution in [3.05, 3.63) is 18.3 Å². The van der Waals surface area contributed by atoms with Crippen LogP contribution in [0, 0.1) is 5.92 Å². The van der Waals surface area contributed by atoms with Gasteiger partial charge >= 0.3 is 0 Å². The zero-order chi connectivity index (χ0) is 17.8. The molecule has 0 aliphatic carbocycles. The van der Waals surface area contributed by atoms with Gasteiger partial charge in [-0.2, -0.15) is 5.10 Å². The number of hydrogen-bond donors (Lipinski definition) is 2. The van der Waals surface area contributed by atoms with Crippen molar-refractivity contribution in [3.8, 4) is 0 Å². The summed E-state index contributed by atoms with van der Waals surface area (Å²) >= 11 is 0. The van der Waals surface area contributed by atoms with Gasteiger partial charge in [0.25, 0.3) is 0 Å². The fourth-order valence-electron chi connectivity index (χ4n) is 3.87. The van der Waals surface area contributed by atoms with E-state index in [0.717, 1.165) is 44.6 Å². The Morgan fingerprint density at radius 3 is 2.76 bits per heavy atom. The van der Waals surface area contributed by atoms with Crippen LogP contribution in [0.1, 0.15) is 39.5 Å². The maximum Gasteiger partial charge on any atom is 0.241 e. The van der Waals surface area contributed by atoms with Crippen LogP contribution in [0.4, 0.5) is 5.82 Å². The first-order valence-electron chi connectivity index (χ1n) is 9.35. The fraction of sp³-hybridized carbons (Fsp3) is 0.722. The van der Waals surface area contributed by atoms with E-state index in [0.29, 0.717) is 18.0 Å². The summed E-state index contributed by atoms with van der Waals surface area (Å²) in [5.41, 5.74) is 6.48. The first-order chi connectivity index (χ1) is 12.0. The van der Waals surface area contributed by atoms with Crippen molar-refractivity contribution in [1.29, 1.82) is 0 Å². The first-order valence-corrected chi connectivity index (χ1v) is 9.35. The molecular weight excluding hydrogens is 316 g/mol. The number of aromatic nitrogens is 2. The molecule has 7 nitrogen and oxygen atoms in total. The fourth-order valence-corrected chi connectivity index (χ4v) is 3.87. The van der Waals surface area contributed by atoms with E-state index in [-0.39, 0.29) is 11.9 Å². The summed E-state index contributed by atoms with van der Waals surface area (Å²) in [6.45, 7) is 6.05. The zero-order valence-corrected chi connectivity index (χ0v) is 15.5. The van der Waals surface area contributed by atoms with Crippen molar-refractivity contribution in [2.75, 3.05) is 25.0 Å². The minimum atomic E-state index is -0.0852. The Labute approximate surface area is 150 Å². The van der Waals surface area contributed by atoms with E-state index in [1.54, 1.807) is 6.20 Å². The van der Waals surface area contributed by atoms with E-state index < -0.39 is 0 Å². The molecule has 2 N–H and O–H groups in total. The minimum absolute atomic E-state index is 0.0852. The van der Waals surface area contributed by atoms with Crippen LogP contribution in [0.25, 0.3) is 0 Å². The molecule has 0 spiro atoms. The molecule has 1 aromatic heterocycles. The summed E-state index contributed by atoms with van der Waals surface area (Å²) in [5, 5.41) is 8.13. The normalized spacial score (nSPS) is 24.7. The number of hydrazine groups is 1. The van der Waals surface area contributed by atoms with Gasteiger partial charge in [-0.05, 0) is 43.7 Å². The summed E-state index contributed by atoms with van der Waals surface area (Å²) in [5.74, 6) is 1.77. The van der Waals surface area contributed by atoms with Gasteiger partial charge in [-0.3, -0.25) is 10.2 Å². The molecule has 0 radical (unpaired) electrons. The largest absolute Gasteiger partial charge is 0.355 e. The maximum atomic E-state index is 12.8. The van der Waals surface area contributed by atoms with Gasteiger partial charge in [0.05, 0.1) is 0 Å². The molecule has 0 saturated carbocycles. The second-order valence-electron chi connectivity index (χ2n) is 7.65. The van der Waals surface area contributed by atoms with Crippen molar-refractivity contribution in [1.82, 2.24) is 25.9 Å². The second-order valence-corrected chi connectivity index (χ2v) is 7.65. The molecule has 138 valence electrons. The molecular formula is C18H30N6O. The van der Waals surface area contributed by atoms with Crippen LogP contribution in [-0.4, -0.2) is 59.3 Å². The van der Waals surface area contributed by atoms with Crippen LogP contribution in [0.5, 0.6) is 0 Å². The number of likely N-dealkylation sites (tertiary alicyclic amines) is 1. The lowest BCUT2D eigenvalue weighted by molar-refractivity contribution is -0.134. The van der Waals surface area contributed by atoms with Crippen LogP contribution in [-0.2, 0) is 4.79 Å². The van der Waals surface area contributed by atoms with E-state index in [1.165, 1.54) is 0 Å². The molecule has 2 atom stereocenters. The summed E-state index contributed by atoms with van der Waals surface area (Å²) in [4.78, 5) is 17.0. The number of amides is 1. The van der Waals surface area contributed by atoms with Crippen LogP contribution in [0.2, 0.25) is 0 Å². The lowest BCUT2D eigenvalue weighted by atomic mass is 9.98. The second kappa shape index (κ2) is 8.10. The monoisotopic (exact) mass is 346 g/mol. The van der Waals surface area contributed by atoms with Gasteiger partial charge in [0.15, 0.2) is 5.82 Å². The summed E-state index contributed by atoms with van der Waals surface area (Å²) < 4.78 is 0. The third kappa shape index (κ3) is 4.46. The smallest absolute Gasteiger partial charge is 0.241 e. The zero-order valence-electron chi connectivity index (χ0n) is 15.5. The first kappa shape index (κ1) is 18.1. The van der Waals surface area contributed by atoms with Crippen molar-refractivity contribution < 1.29 is 4.79 Å². The Kier molecular flexibility index (Phi) is 5.86. The number of nitrogens with zero attached hydrogens (tertiary/aromatic N) is 4. The average molecular weight is 346 g/mol.